The van der Waals surface area contributed by atoms with E-state index in [0.29, 0.717) is 32.5 Å². The second kappa shape index (κ2) is 7.76. The average molecular weight is 417 g/mol. The van der Waals surface area contributed by atoms with Crippen molar-refractivity contribution in [1.29, 1.82) is 0 Å². The summed E-state index contributed by atoms with van der Waals surface area (Å²) in [5.41, 5.74) is 3.05. The topological polar surface area (TPSA) is 59.9 Å². The highest BCUT2D eigenvalue weighted by atomic mass is 35.5. The van der Waals surface area contributed by atoms with Crippen LogP contribution in [0, 0.1) is 0 Å². The molecular weight excluding hydrogens is 403 g/mol. The van der Waals surface area contributed by atoms with Crippen molar-refractivity contribution in [3.8, 4) is 17.1 Å². The molecule has 0 spiro atoms. The first-order valence-corrected chi connectivity index (χ1v) is 9.86. The standard InChI is InChI=1S/C19H14Cl2N4OS/c1-2-9-27-19-23-18-16(24-25-19)13-5-3-4-6-15(13)22-17(26-18)12-8-7-11(20)10-14(12)21/h2-8,10,17,22H,1,9H2/t17-/m0/s1. The van der Waals surface area contributed by atoms with Gasteiger partial charge in [-0.05, 0) is 18.2 Å². The molecule has 0 fully saturated rings. The van der Waals surface area contributed by atoms with E-state index in [1.54, 1.807) is 18.2 Å². The highest BCUT2D eigenvalue weighted by molar-refractivity contribution is 7.99. The lowest BCUT2D eigenvalue weighted by Crippen LogP contribution is -2.17. The maximum Gasteiger partial charge on any atom is 0.247 e. The van der Waals surface area contributed by atoms with E-state index in [2.05, 4.69) is 27.1 Å². The van der Waals surface area contributed by atoms with Crippen LogP contribution in [-0.4, -0.2) is 20.9 Å². The summed E-state index contributed by atoms with van der Waals surface area (Å²) >= 11 is 13.9. The van der Waals surface area contributed by atoms with Crippen LogP contribution in [0.3, 0.4) is 0 Å². The first-order valence-electron chi connectivity index (χ1n) is 8.11. The normalized spacial score (nSPS) is 15.0. The summed E-state index contributed by atoms with van der Waals surface area (Å²) in [7, 11) is 0. The van der Waals surface area contributed by atoms with Crippen LogP contribution in [-0.2, 0) is 0 Å². The number of nitrogens with one attached hydrogen (secondary N) is 1. The van der Waals surface area contributed by atoms with Gasteiger partial charge in [0.15, 0.2) is 11.9 Å². The van der Waals surface area contributed by atoms with Crippen LogP contribution >= 0.6 is 35.0 Å². The summed E-state index contributed by atoms with van der Waals surface area (Å²) in [4.78, 5) is 4.54. The van der Waals surface area contributed by atoms with E-state index in [0.717, 1.165) is 16.8 Å². The lowest BCUT2D eigenvalue weighted by atomic mass is 10.1. The number of nitrogens with zero attached hydrogens (tertiary/aromatic N) is 3. The molecule has 0 aliphatic carbocycles. The Balaban J connectivity index is 1.82. The van der Waals surface area contributed by atoms with Gasteiger partial charge in [-0.2, -0.15) is 4.98 Å². The monoisotopic (exact) mass is 416 g/mol. The number of benzene rings is 2. The summed E-state index contributed by atoms with van der Waals surface area (Å²) < 4.78 is 6.18. The van der Waals surface area contributed by atoms with Crippen LogP contribution in [0.15, 0.2) is 60.3 Å². The Hall–Kier alpha value is -2.28. The van der Waals surface area contributed by atoms with Gasteiger partial charge in [-0.15, -0.1) is 16.8 Å². The number of halogens is 2. The van der Waals surface area contributed by atoms with Gasteiger partial charge in [-0.3, -0.25) is 0 Å². The van der Waals surface area contributed by atoms with E-state index in [1.165, 1.54) is 11.8 Å². The molecule has 1 N–H and O–H groups in total. The van der Waals surface area contributed by atoms with Crippen molar-refractivity contribution in [2.45, 2.75) is 11.4 Å². The van der Waals surface area contributed by atoms with Gasteiger partial charge in [0, 0.05) is 27.6 Å². The lowest BCUT2D eigenvalue weighted by Gasteiger charge is -2.20. The van der Waals surface area contributed by atoms with Gasteiger partial charge in [-0.1, -0.05) is 65.3 Å². The van der Waals surface area contributed by atoms with Gasteiger partial charge in [0.05, 0.1) is 5.02 Å². The molecule has 1 atom stereocenters. The quantitative estimate of drug-likeness (QED) is 0.439. The number of rotatable bonds is 4. The summed E-state index contributed by atoms with van der Waals surface area (Å²) in [5.74, 6) is 1.08. The zero-order valence-electron chi connectivity index (χ0n) is 14.0. The number of anilines is 1. The summed E-state index contributed by atoms with van der Waals surface area (Å²) in [6, 6.07) is 13.1. The predicted molar refractivity (Wildman–Crippen MR) is 110 cm³/mol. The van der Waals surface area contributed by atoms with E-state index in [4.69, 9.17) is 27.9 Å². The zero-order chi connectivity index (χ0) is 18.8. The molecule has 5 nitrogen and oxygen atoms in total. The number of aromatic nitrogens is 3. The van der Waals surface area contributed by atoms with E-state index in [1.807, 2.05) is 30.3 Å². The predicted octanol–water partition coefficient (Wildman–Crippen LogP) is 5.63. The molecule has 27 heavy (non-hydrogen) atoms. The first kappa shape index (κ1) is 18.1. The summed E-state index contributed by atoms with van der Waals surface area (Å²) in [6.07, 6.45) is 1.24. The largest absolute Gasteiger partial charge is 0.448 e. The van der Waals surface area contributed by atoms with Crippen LogP contribution in [0.2, 0.25) is 10.0 Å². The molecule has 2 aromatic carbocycles. The molecule has 0 amide bonds. The highest BCUT2D eigenvalue weighted by Crippen LogP contribution is 2.40. The number of fused-ring (bicyclic) bond motifs is 3. The maximum atomic E-state index is 6.40. The molecule has 1 aliphatic heterocycles. The molecule has 1 aliphatic rings. The molecule has 2 heterocycles. The second-order valence-corrected chi connectivity index (χ2v) is 7.53. The van der Waals surface area contributed by atoms with Crippen molar-refractivity contribution in [1.82, 2.24) is 15.2 Å². The maximum absolute atomic E-state index is 6.40. The minimum atomic E-state index is -0.550. The number of para-hydroxylation sites is 1. The van der Waals surface area contributed by atoms with Crippen molar-refractivity contribution >= 4 is 40.7 Å². The molecule has 0 unspecified atom stereocenters. The number of hydrogen-bond donors (Lipinski definition) is 1. The van der Waals surface area contributed by atoms with Crippen molar-refractivity contribution in [3.63, 3.8) is 0 Å². The van der Waals surface area contributed by atoms with Crippen molar-refractivity contribution < 1.29 is 4.74 Å². The molecule has 0 saturated heterocycles. The fourth-order valence-corrected chi connectivity index (χ4v) is 3.72. The van der Waals surface area contributed by atoms with Crippen LogP contribution < -0.4 is 10.1 Å². The van der Waals surface area contributed by atoms with Crippen LogP contribution in [0.4, 0.5) is 5.69 Å². The Bertz CT molecular complexity index is 1010. The molecular formula is C19H14Cl2N4OS. The minimum Gasteiger partial charge on any atom is -0.448 e. The van der Waals surface area contributed by atoms with Crippen molar-refractivity contribution in [2.75, 3.05) is 11.1 Å². The van der Waals surface area contributed by atoms with Crippen molar-refractivity contribution in [3.05, 3.63) is 70.7 Å². The number of thioether (sulfide) groups is 1. The second-order valence-electron chi connectivity index (χ2n) is 5.70. The Morgan fingerprint density at radius 2 is 2.04 bits per heavy atom. The van der Waals surface area contributed by atoms with Gasteiger partial charge in [-0.25, -0.2) is 0 Å². The Morgan fingerprint density at radius 3 is 2.85 bits per heavy atom. The molecule has 0 bridgehead atoms. The van der Waals surface area contributed by atoms with Crippen molar-refractivity contribution in [2.24, 2.45) is 0 Å². The number of ether oxygens (including phenoxy) is 1. The van der Waals surface area contributed by atoms with Gasteiger partial charge in [0.2, 0.25) is 11.0 Å². The Labute approximate surface area is 170 Å². The number of hydrogen-bond acceptors (Lipinski definition) is 6. The Morgan fingerprint density at radius 1 is 1.19 bits per heavy atom. The van der Waals surface area contributed by atoms with Gasteiger partial charge in [0.25, 0.3) is 0 Å². The molecule has 136 valence electrons. The summed E-state index contributed by atoms with van der Waals surface area (Å²) in [5, 5.41) is 13.5. The molecule has 0 radical (unpaired) electrons. The van der Waals surface area contributed by atoms with E-state index in [-0.39, 0.29) is 0 Å². The third-order valence-electron chi connectivity index (χ3n) is 3.91. The molecule has 8 heteroatoms. The van der Waals surface area contributed by atoms with Gasteiger partial charge in [0.1, 0.15) is 0 Å². The smallest absolute Gasteiger partial charge is 0.247 e. The fraction of sp³-hybridized carbons (Fsp3) is 0.105. The SMILES string of the molecule is C=CCSc1nnc2c(n1)O[C@@H](c1ccc(Cl)cc1Cl)Nc1ccccc1-2. The molecule has 1 aromatic heterocycles. The molecule has 0 saturated carbocycles. The molecule has 3 aromatic rings. The van der Waals surface area contributed by atoms with E-state index < -0.39 is 6.23 Å². The fourth-order valence-electron chi connectivity index (χ4n) is 2.70. The van der Waals surface area contributed by atoms with Crippen LogP contribution in [0.25, 0.3) is 11.3 Å². The van der Waals surface area contributed by atoms with Gasteiger partial charge >= 0.3 is 0 Å². The lowest BCUT2D eigenvalue weighted by molar-refractivity contribution is 0.225. The summed E-state index contributed by atoms with van der Waals surface area (Å²) in [6.45, 7) is 3.71. The third kappa shape index (κ3) is 3.74. The highest BCUT2D eigenvalue weighted by Gasteiger charge is 2.27. The van der Waals surface area contributed by atoms with Crippen LogP contribution in [0.1, 0.15) is 11.8 Å². The van der Waals surface area contributed by atoms with E-state index >= 15 is 0 Å². The van der Waals surface area contributed by atoms with Crippen LogP contribution in [0.5, 0.6) is 5.88 Å². The Kier molecular flexibility index (Phi) is 5.20. The first-order chi connectivity index (χ1) is 13.2. The molecule has 4 rings (SSSR count). The minimum absolute atomic E-state index is 0.394. The van der Waals surface area contributed by atoms with E-state index in [9.17, 15) is 0 Å². The average Bonchev–Trinajstić information content (AvgIpc) is 2.82. The van der Waals surface area contributed by atoms with Gasteiger partial charge < -0.3 is 10.1 Å². The zero-order valence-corrected chi connectivity index (χ0v) is 16.4. The third-order valence-corrected chi connectivity index (χ3v) is 5.30.